The summed E-state index contributed by atoms with van der Waals surface area (Å²) in [7, 11) is 0. The van der Waals surface area contributed by atoms with E-state index in [2.05, 4.69) is 56.3 Å². The van der Waals surface area contributed by atoms with Crippen LogP contribution in [0.1, 0.15) is 11.1 Å². The maximum absolute atomic E-state index is 4.73. The fraction of sp³-hybridized carbons (Fsp3) is 0.133. The van der Waals surface area contributed by atoms with Crippen molar-refractivity contribution in [3.8, 4) is 10.6 Å². The van der Waals surface area contributed by atoms with E-state index in [9.17, 15) is 0 Å². The van der Waals surface area contributed by atoms with E-state index in [-0.39, 0.29) is 0 Å². The Morgan fingerprint density at radius 3 is 2.41 bits per heavy atom. The molecule has 1 heterocycles. The zero-order valence-electron chi connectivity index (χ0n) is 9.90. The molecule has 0 radical (unpaired) electrons. The Morgan fingerprint density at radius 1 is 0.941 bits per heavy atom. The molecule has 1 nitrogen and oxygen atoms in total. The van der Waals surface area contributed by atoms with Crippen molar-refractivity contribution >= 4 is 21.6 Å². The van der Waals surface area contributed by atoms with E-state index in [1.54, 1.807) is 11.3 Å². The highest BCUT2D eigenvalue weighted by molar-refractivity contribution is 7.21. The number of hydrogen-bond donors (Lipinski definition) is 0. The van der Waals surface area contributed by atoms with Crippen LogP contribution in [0, 0.1) is 13.8 Å². The third-order valence-corrected chi connectivity index (χ3v) is 3.99. The van der Waals surface area contributed by atoms with E-state index in [1.165, 1.54) is 21.4 Å². The lowest BCUT2D eigenvalue weighted by atomic mass is 10.1. The molecule has 0 N–H and O–H groups in total. The lowest BCUT2D eigenvalue weighted by molar-refractivity contribution is 1.41. The summed E-state index contributed by atoms with van der Waals surface area (Å²) in [6, 6.07) is 14.9. The van der Waals surface area contributed by atoms with Crippen LogP contribution in [0.3, 0.4) is 0 Å². The SMILES string of the molecule is Cc1ccc(-c2nc3c(C)cccc3s2)cc1. The molecule has 0 atom stereocenters. The van der Waals surface area contributed by atoms with Crippen LogP contribution in [-0.4, -0.2) is 4.98 Å². The third kappa shape index (κ3) is 1.85. The number of benzene rings is 2. The van der Waals surface area contributed by atoms with Gasteiger partial charge in [-0.25, -0.2) is 4.98 Å². The van der Waals surface area contributed by atoms with Gasteiger partial charge in [-0.1, -0.05) is 42.0 Å². The number of thiazole rings is 1. The van der Waals surface area contributed by atoms with Crippen molar-refractivity contribution in [3.05, 3.63) is 53.6 Å². The van der Waals surface area contributed by atoms with E-state index in [0.717, 1.165) is 10.5 Å². The maximum Gasteiger partial charge on any atom is 0.124 e. The molecular formula is C15H13NS. The van der Waals surface area contributed by atoms with Gasteiger partial charge in [-0.2, -0.15) is 0 Å². The minimum Gasteiger partial charge on any atom is -0.236 e. The van der Waals surface area contributed by atoms with E-state index in [4.69, 9.17) is 4.98 Å². The average Bonchev–Trinajstić information content (AvgIpc) is 2.75. The molecule has 0 amide bonds. The van der Waals surface area contributed by atoms with Gasteiger partial charge in [0.05, 0.1) is 10.2 Å². The van der Waals surface area contributed by atoms with Gasteiger partial charge in [0.15, 0.2) is 0 Å². The summed E-state index contributed by atoms with van der Waals surface area (Å²) in [5, 5.41) is 1.11. The molecule has 2 aromatic carbocycles. The minimum absolute atomic E-state index is 1.11. The van der Waals surface area contributed by atoms with Crippen molar-refractivity contribution in [2.45, 2.75) is 13.8 Å². The lowest BCUT2D eigenvalue weighted by Crippen LogP contribution is -1.78. The van der Waals surface area contributed by atoms with Gasteiger partial charge in [0.2, 0.25) is 0 Å². The number of aryl methyl sites for hydroxylation is 2. The average molecular weight is 239 g/mol. The molecule has 1 aromatic heterocycles. The third-order valence-electron chi connectivity index (χ3n) is 2.92. The van der Waals surface area contributed by atoms with Gasteiger partial charge in [-0.3, -0.25) is 0 Å². The standard InChI is InChI=1S/C15H13NS/c1-10-6-8-12(9-7-10)15-16-14-11(2)4-3-5-13(14)17-15/h3-9H,1-2H3. The molecule has 0 saturated carbocycles. The second-order valence-electron chi connectivity index (χ2n) is 4.31. The van der Waals surface area contributed by atoms with Crippen LogP contribution in [0.5, 0.6) is 0 Å². The molecule has 0 unspecified atom stereocenters. The second-order valence-corrected chi connectivity index (χ2v) is 5.34. The first-order valence-corrected chi connectivity index (χ1v) is 6.49. The molecule has 2 heteroatoms. The Bertz CT molecular complexity index is 665. The number of para-hydroxylation sites is 1. The first-order chi connectivity index (χ1) is 8.24. The Balaban J connectivity index is 2.18. The maximum atomic E-state index is 4.73. The first-order valence-electron chi connectivity index (χ1n) is 5.67. The number of hydrogen-bond acceptors (Lipinski definition) is 2. The zero-order valence-corrected chi connectivity index (χ0v) is 10.7. The number of nitrogens with zero attached hydrogens (tertiary/aromatic N) is 1. The van der Waals surface area contributed by atoms with Crippen molar-refractivity contribution in [2.75, 3.05) is 0 Å². The molecule has 0 spiro atoms. The summed E-state index contributed by atoms with van der Waals surface area (Å²) in [6.45, 7) is 4.22. The number of rotatable bonds is 1. The van der Waals surface area contributed by atoms with Crippen LogP contribution in [-0.2, 0) is 0 Å². The van der Waals surface area contributed by atoms with Crippen molar-refractivity contribution in [2.24, 2.45) is 0 Å². The van der Waals surface area contributed by atoms with Gasteiger partial charge in [-0.05, 0) is 25.5 Å². The molecule has 3 rings (SSSR count). The van der Waals surface area contributed by atoms with Crippen LogP contribution in [0.2, 0.25) is 0 Å². The van der Waals surface area contributed by atoms with Crippen LogP contribution in [0.15, 0.2) is 42.5 Å². The number of aromatic nitrogens is 1. The van der Waals surface area contributed by atoms with Crippen molar-refractivity contribution in [1.29, 1.82) is 0 Å². The number of fused-ring (bicyclic) bond motifs is 1. The molecule has 84 valence electrons. The van der Waals surface area contributed by atoms with E-state index in [0.29, 0.717) is 0 Å². The molecule has 0 aliphatic rings. The van der Waals surface area contributed by atoms with E-state index < -0.39 is 0 Å². The Morgan fingerprint density at radius 2 is 1.71 bits per heavy atom. The zero-order chi connectivity index (χ0) is 11.8. The molecule has 3 aromatic rings. The van der Waals surface area contributed by atoms with Gasteiger partial charge in [0.1, 0.15) is 5.01 Å². The summed E-state index contributed by atoms with van der Waals surface area (Å²) < 4.78 is 1.26. The minimum atomic E-state index is 1.11. The summed E-state index contributed by atoms with van der Waals surface area (Å²) in [5.41, 5.74) is 4.87. The first kappa shape index (κ1) is 10.5. The van der Waals surface area contributed by atoms with Gasteiger partial charge >= 0.3 is 0 Å². The Labute approximate surface area is 105 Å². The monoisotopic (exact) mass is 239 g/mol. The fourth-order valence-corrected chi connectivity index (χ4v) is 2.95. The van der Waals surface area contributed by atoms with Crippen LogP contribution in [0.4, 0.5) is 0 Å². The van der Waals surface area contributed by atoms with E-state index in [1.807, 2.05) is 0 Å². The highest BCUT2D eigenvalue weighted by Gasteiger charge is 2.07. The molecule has 17 heavy (non-hydrogen) atoms. The molecule has 0 aliphatic carbocycles. The van der Waals surface area contributed by atoms with Gasteiger partial charge in [-0.15, -0.1) is 11.3 Å². The lowest BCUT2D eigenvalue weighted by Gasteiger charge is -1.96. The molecule has 0 bridgehead atoms. The topological polar surface area (TPSA) is 12.9 Å². The van der Waals surface area contributed by atoms with Crippen molar-refractivity contribution in [1.82, 2.24) is 4.98 Å². The van der Waals surface area contributed by atoms with Gasteiger partial charge in [0, 0.05) is 5.56 Å². The molecule has 0 saturated heterocycles. The van der Waals surface area contributed by atoms with Crippen molar-refractivity contribution < 1.29 is 0 Å². The normalized spacial score (nSPS) is 10.9. The molecule has 0 fully saturated rings. The second kappa shape index (κ2) is 3.97. The highest BCUT2D eigenvalue weighted by Crippen LogP contribution is 2.31. The van der Waals surface area contributed by atoms with E-state index >= 15 is 0 Å². The predicted octanol–water partition coefficient (Wildman–Crippen LogP) is 4.58. The highest BCUT2D eigenvalue weighted by atomic mass is 32.1. The van der Waals surface area contributed by atoms with Gasteiger partial charge < -0.3 is 0 Å². The van der Waals surface area contributed by atoms with Crippen LogP contribution in [0.25, 0.3) is 20.8 Å². The summed E-state index contributed by atoms with van der Waals surface area (Å²) >= 11 is 1.76. The van der Waals surface area contributed by atoms with Crippen LogP contribution >= 0.6 is 11.3 Å². The summed E-state index contributed by atoms with van der Waals surface area (Å²) in [4.78, 5) is 4.73. The predicted molar refractivity (Wildman–Crippen MR) is 74.5 cm³/mol. The summed E-state index contributed by atoms with van der Waals surface area (Å²) in [5.74, 6) is 0. The van der Waals surface area contributed by atoms with Crippen molar-refractivity contribution in [3.63, 3.8) is 0 Å². The molecular weight excluding hydrogens is 226 g/mol. The van der Waals surface area contributed by atoms with Crippen LogP contribution < -0.4 is 0 Å². The summed E-state index contributed by atoms with van der Waals surface area (Å²) in [6.07, 6.45) is 0. The smallest absolute Gasteiger partial charge is 0.124 e. The Hall–Kier alpha value is -1.67. The quantitative estimate of drug-likeness (QED) is 0.605. The molecule has 0 aliphatic heterocycles. The largest absolute Gasteiger partial charge is 0.236 e. The Kier molecular flexibility index (Phi) is 2.45. The fourth-order valence-electron chi connectivity index (χ4n) is 1.91. The van der Waals surface area contributed by atoms with Gasteiger partial charge in [0.25, 0.3) is 0 Å².